The van der Waals surface area contributed by atoms with Gasteiger partial charge in [-0.15, -0.1) is 0 Å². The zero-order chi connectivity index (χ0) is 20.7. The van der Waals surface area contributed by atoms with Crippen LogP contribution in [0.3, 0.4) is 0 Å². The molecule has 2 heterocycles. The number of carbonyl (C=O) groups is 2. The monoisotopic (exact) mass is 390 g/mol. The highest BCUT2D eigenvalue weighted by Crippen LogP contribution is 2.29. The van der Waals surface area contributed by atoms with Gasteiger partial charge in [0.05, 0.1) is 4.92 Å². The van der Waals surface area contributed by atoms with Crippen molar-refractivity contribution in [1.29, 1.82) is 0 Å². The predicted molar refractivity (Wildman–Crippen MR) is 108 cm³/mol. The molecule has 0 radical (unpaired) electrons. The van der Waals surface area contributed by atoms with Gasteiger partial charge in [-0.05, 0) is 24.6 Å². The highest BCUT2D eigenvalue weighted by atomic mass is 16.6. The Labute approximate surface area is 166 Å². The quantitative estimate of drug-likeness (QED) is 0.319. The summed E-state index contributed by atoms with van der Waals surface area (Å²) in [6, 6.07) is 13.8. The van der Waals surface area contributed by atoms with Crippen LogP contribution < -0.4 is 5.32 Å². The lowest BCUT2D eigenvalue weighted by Crippen LogP contribution is -2.25. The number of nitro benzene ring substituents is 1. The van der Waals surface area contributed by atoms with Crippen LogP contribution in [0.25, 0.3) is 17.0 Å². The topological polar surface area (TPSA) is 97.5 Å². The molecule has 0 aliphatic carbocycles. The van der Waals surface area contributed by atoms with Crippen molar-refractivity contribution >= 4 is 34.6 Å². The van der Waals surface area contributed by atoms with Crippen molar-refractivity contribution in [2.24, 2.45) is 0 Å². The summed E-state index contributed by atoms with van der Waals surface area (Å²) in [6.07, 6.45) is 1.70. The number of amides is 3. The van der Waals surface area contributed by atoms with Gasteiger partial charge in [0.1, 0.15) is 5.70 Å². The van der Waals surface area contributed by atoms with Gasteiger partial charge < -0.3 is 9.88 Å². The molecular formula is C21H18N4O4. The van der Waals surface area contributed by atoms with Crippen LogP contribution in [0, 0.1) is 17.0 Å². The Hall–Kier alpha value is -3.94. The van der Waals surface area contributed by atoms with Gasteiger partial charge in [0.2, 0.25) is 0 Å². The molecule has 0 unspecified atom stereocenters. The highest BCUT2D eigenvalue weighted by Gasteiger charge is 2.30. The van der Waals surface area contributed by atoms with E-state index in [4.69, 9.17) is 0 Å². The molecule has 4 rings (SSSR count). The van der Waals surface area contributed by atoms with Crippen LogP contribution in [0.1, 0.15) is 16.8 Å². The lowest BCUT2D eigenvalue weighted by molar-refractivity contribution is -0.384. The molecule has 0 atom stereocenters. The van der Waals surface area contributed by atoms with Gasteiger partial charge in [-0.25, -0.2) is 4.79 Å². The molecular weight excluding hydrogens is 372 g/mol. The zero-order valence-corrected chi connectivity index (χ0v) is 15.9. The molecule has 2 aromatic carbocycles. The number of fused-ring (bicyclic) bond motifs is 1. The van der Waals surface area contributed by atoms with Crippen LogP contribution in [0.2, 0.25) is 0 Å². The Bertz CT molecular complexity index is 1190. The van der Waals surface area contributed by atoms with Gasteiger partial charge in [-0.3, -0.25) is 19.8 Å². The van der Waals surface area contributed by atoms with E-state index < -0.39 is 11.0 Å². The maximum absolute atomic E-state index is 12.3. The number of urea groups is 1. The number of nitrogens with zero attached hydrogens (tertiary/aromatic N) is 3. The van der Waals surface area contributed by atoms with E-state index >= 15 is 0 Å². The third kappa shape index (κ3) is 3.14. The summed E-state index contributed by atoms with van der Waals surface area (Å²) in [5, 5.41) is 14.4. The first-order valence-corrected chi connectivity index (χ1v) is 8.98. The van der Waals surface area contributed by atoms with Gasteiger partial charge in [0.15, 0.2) is 0 Å². The molecule has 0 spiro atoms. The Morgan fingerprint density at radius 2 is 1.79 bits per heavy atom. The third-order valence-electron chi connectivity index (χ3n) is 5.14. The van der Waals surface area contributed by atoms with Crippen molar-refractivity contribution in [2.45, 2.75) is 13.5 Å². The van der Waals surface area contributed by atoms with Crippen molar-refractivity contribution in [3.05, 3.63) is 81.2 Å². The normalized spacial score (nSPS) is 15.4. The van der Waals surface area contributed by atoms with Crippen molar-refractivity contribution in [3.63, 3.8) is 0 Å². The molecule has 8 heteroatoms. The molecule has 3 amide bonds. The van der Waals surface area contributed by atoms with E-state index in [-0.39, 0.29) is 17.3 Å². The zero-order valence-electron chi connectivity index (χ0n) is 15.9. The van der Waals surface area contributed by atoms with Gasteiger partial charge in [0.25, 0.3) is 11.6 Å². The maximum atomic E-state index is 12.3. The standard InChI is InChI=1S/C21H18N4O4/c1-13-17(11-18-20(26)23(2)21(27)22-18)16-5-3-4-6-19(16)24(13)12-14-7-9-15(10-8-14)25(28)29/h3-11H,12H2,1-2H3,(H,22,27)/b18-11+. The molecule has 1 fully saturated rings. The maximum Gasteiger partial charge on any atom is 0.328 e. The van der Waals surface area contributed by atoms with E-state index in [0.717, 1.165) is 32.6 Å². The van der Waals surface area contributed by atoms with Crippen LogP contribution in [-0.2, 0) is 11.3 Å². The molecule has 1 saturated heterocycles. The molecule has 1 aliphatic rings. The first kappa shape index (κ1) is 18.4. The molecule has 146 valence electrons. The Balaban J connectivity index is 1.78. The molecule has 8 nitrogen and oxygen atoms in total. The van der Waals surface area contributed by atoms with E-state index in [1.807, 2.05) is 31.2 Å². The number of imide groups is 1. The second-order valence-corrected chi connectivity index (χ2v) is 6.88. The fourth-order valence-electron chi connectivity index (χ4n) is 3.52. The van der Waals surface area contributed by atoms with Crippen LogP contribution in [0.15, 0.2) is 54.2 Å². The number of nitro groups is 1. The lowest BCUT2D eigenvalue weighted by Gasteiger charge is -2.09. The van der Waals surface area contributed by atoms with Crippen molar-refractivity contribution in [1.82, 2.24) is 14.8 Å². The number of non-ortho nitro benzene ring substituents is 1. The Kier molecular flexibility index (Phi) is 4.38. The molecule has 0 bridgehead atoms. The highest BCUT2D eigenvalue weighted by molar-refractivity contribution is 6.14. The fourth-order valence-corrected chi connectivity index (χ4v) is 3.52. The summed E-state index contributed by atoms with van der Waals surface area (Å²) in [7, 11) is 1.43. The van der Waals surface area contributed by atoms with Crippen molar-refractivity contribution < 1.29 is 14.5 Å². The number of para-hydroxylation sites is 1. The van der Waals surface area contributed by atoms with Gasteiger partial charge in [-0.1, -0.05) is 30.3 Å². The van der Waals surface area contributed by atoms with E-state index in [0.29, 0.717) is 6.54 Å². The fraction of sp³-hybridized carbons (Fsp3) is 0.143. The number of nitrogens with one attached hydrogen (secondary N) is 1. The Morgan fingerprint density at radius 1 is 1.10 bits per heavy atom. The predicted octanol–water partition coefficient (Wildman–Crippen LogP) is 3.43. The first-order valence-electron chi connectivity index (χ1n) is 8.98. The summed E-state index contributed by atoms with van der Waals surface area (Å²) in [5.74, 6) is -0.374. The third-order valence-corrected chi connectivity index (χ3v) is 5.14. The number of aromatic nitrogens is 1. The minimum atomic E-state index is -0.450. The van der Waals surface area contributed by atoms with Crippen molar-refractivity contribution in [3.8, 4) is 0 Å². The Morgan fingerprint density at radius 3 is 2.41 bits per heavy atom. The summed E-state index contributed by atoms with van der Waals surface area (Å²) in [4.78, 5) is 35.5. The van der Waals surface area contributed by atoms with Crippen LogP contribution in [0.4, 0.5) is 10.5 Å². The van der Waals surface area contributed by atoms with Gasteiger partial charge in [0, 0.05) is 47.9 Å². The first-order chi connectivity index (χ1) is 13.9. The summed E-state index contributed by atoms with van der Waals surface area (Å²) >= 11 is 0. The van der Waals surface area contributed by atoms with E-state index in [9.17, 15) is 19.7 Å². The number of likely N-dealkylation sites (N-methyl/N-ethyl adjacent to an activating group) is 1. The van der Waals surface area contributed by atoms with Gasteiger partial charge >= 0.3 is 6.03 Å². The summed E-state index contributed by atoms with van der Waals surface area (Å²) < 4.78 is 2.09. The number of carbonyl (C=O) groups excluding carboxylic acids is 2. The molecule has 3 aromatic rings. The summed E-state index contributed by atoms with van der Waals surface area (Å²) in [5.41, 5.74) is 3.95. The minimum absolute atomic E-state index is 0.0489. The SMILES string of the molecule is Cc1c(/C=C2/NC(=O)N(C)C2=O)c2ccccc2n1Cc1ccc([N+](=O)[O-])cc1. The number of hydrogen-bond donors (Lipinski definition) is 1. The lowest BCUT2D eigenvalue weighted by atomic mass is 10.1. The minimum Gasteiger partial charge on any atom is -0.340 e. The van der Waals surface area contributed by atoms with E-state index in [1.54, 1.807) is 18.2 Å². The number of benzene rings is 2. The largest absolute Gasteiger partial charge is 0.340 e. The van der Waals surface area contributed by atoms with E-state index in [2.05, 4.69) is 9.88 Å². The summed E-state index contributed by atoms with van der Waals surface area (Å²) in [6.45, 7) is 2.47. The van der Waals surface area contributed by atoms with Crippen LogP contribution in [-0.4, -0.2) is 33.4 Å². The molecule has 1 aliphatic heterocycles. The van der Waals surface area contributed by atoms with E-state index in [1.165, 1.54) is 19.2 Å². The average Bonchev–Trinajstić information content (AvgIpc) is 3.11. The average molecular weight is 390 g/mol. The molecule has 0 saturated carbocycles. The molecule has 29 heavy (non-hydrogen) atoms. The van der Waals surface area contributed by atoms with Crippen LogP contribution in [0.5, 0.6) is 0 Å². The second kappa shape index (κ2) is 6.90. The van der Waals surface area contributed by atoms with Gasteiger partial charge in [-0.2, -0.15) is 0 Å². The smallest absolute Gasteiger partial charge is 0.328 e. The number of hydrogen-bond acceptors (Lipinski definition) is 4. The van der Waals surface area contributed by atoms with Crippen LogP contribution >= 0.6 is 0 Å². The number of rotatable bonds is 4. The molecule has 1 aromatic heterocycles. The molecule has 1 N–H and O–H groups in total. The van der Waals surface area contributed by atoms with Crippen molar-refractivity contribution in [2.75, 3.05) is 7.05 Å². The second-order valence-electron chi connectivity index (χ2n) is 6.88.